The zero-order valence-corrected chi connectivity index (χ0v) is 30.5. The molecule has 250 valence electrons. The van der Waals surface area contributed by atoms with Crippen LogP contribution in [0.1, 0.15) is 65.9 Å². The Morgan fingerprint density at radius 1 is 1.02 bits per heavy atom. The third-order valence-electron chi connectivity index (χ3n) is 8.23. The first-order valence-electron chi connectivity index (χ1n) is 15.5. The third kappa shape index (κ3) is 8.46. The lowest BCUT2D eigenvalue weighted by Crippen LogP contribution is -2.40. The van der Waals surface area contributed by atoms with Gasteiger partial charge in [-0.25, -0.2) is 23.0 Å². The number of alkyl halides is 1. The summed E-state index contributed by atoms with van der Waals surface area (Å²) in [5, 5.41) is 5.59. The molecule has 3 heterocycles. The number of benzene rings is 1. The van der Waals surface area contributed by atoms with Crippen molar-refractivity contribution in [3.05, 3.63) is 66.1 Å². The van der Waals surface area contributed by atoms with E-state index in [0.717, 1.165) is 22.2 Å². The molecular weight excluding hydrogens is 622 g/mol. The summed E-state index contributed by atoms with van der Waals surface area (Å²) in [6, 6.07) is 14.3. The van der Waals surface area contributed by atoms with Crippen LogP contribution in [0.5, 0.6) is 5.75 Å². The van der Waals surface area contributed by atoms with E-state index in [0.29, 0.717) is 42.8 Å². The van der Waals surface area contributed by atoms with E-state index in [1.807, 2.05) is 63.2 Å². The molecule has 3 aromatic heterocycles. The molecule has 0 saturated carbocycles. The summed E-state index contributed by atoms with van der Waals surface area (Å²) in [5.41, 5.74) is 3.41. The Morgan fingerprint density at radius 3 is 2.39 bits per heavy atom. The Kier molecular flexibility index (Phi) is 11.2. The Bertz CT molecular complexity index is 1670. The standard InChI is InChI=1S/C34H48FN5O4SSi/c1-23(35)32(39-45(41)33(2,3)4)28-15-12-14-27(38-28)24-19-29-26(30(20-24)43-18-17-42-8)21-36-40(29)31-16-11-13-25(37-31)22-44-46(9,10)34(5,6)7/h11-16,19-21,23,32,39H,17-18,22H2,1-10H3/t23?,32-,45-/m1/s1. The fraction of sp³-hybridized carbons (Fsp3) is 0.500. The molecule has 0 radical (unpaired) electrons. The van der Waals surface area contributed by atoms with Crippen LogP contribution in [-0.2, 0) is 26.8 Å². The number of pyridine rings is 2. The summed E-state index contributed by atoms with van der Waals surface area (Å²) < 4.78 is 49.8. The number of aromatic nitrogens is 4. The van der Waals surface area contributed by atoms with Crippen molar-refractivity contribution >= 4 is 30.2 Å². The molecule has 4 rings (SSSR count). The molecule has 0 spiro atoms. The Labute approximate surface area is 276 Å². The fourth-order valence-corrected chi connectivity index (χ4v) is 6.22. The predicted octanol–water partition coefficient (Wildman–Crippen LogP) is 7.48. The van der Waals surface area contributed by atoms with Gasteiger partial charge in [-0.2, -0.15) is 5.10 Å². The van der Waals surface area contributed by atoms with Crippen molar-refractivity contribution < 1.29 is 22.5 Å². The summed E-state index contributed by atoms with van der Waals surface area (Å²) in [5.74, 6) is 1.26. The first-order valence-corrected chi connectivity index (χ1v) is 19.6. The minimum atomic E-state index is -1.96. The zero-order chi connectivity index (χ0) is 33.9. The highest BCUT2D eigenvalue weighted by Crippen LogP contribution is 2.37. The number of hydrogen-bond donors (Lipinski definition) is 1. The van der Waals surface area contributed by atoms with Gasteiger partial charge in [-0.3, -0.25) is 4.98 Å². The molecular formula is C34H48FN5O4SSi. The molecule has 0 bridgehead atoms. The van der Waals surface area contributed by atoms with Crippen LogP contribution in [0.3, 0.4) is 0 Å². The zero-order valence-electron chi connectivity index (χ0n) is 28.7. The van der Waals surface area contributed by atoms with Crippen molar-refractivity contribution in [2.24, 2.45) is 0 Å². The summed E-state index contributed by atoms with van der Waals surface area (Å²) in [7, 11) is -1.83. The molecule has 0 amide bonds. The maximum absolute atomic E-state index is 14.9. The van der Waals surface area contributed by atoms with E-state index >= 15 is 0 Å². The van der Waals surface area contributed by atoms with Crippen LogP contribution in [0.15, 0.2) is 54.7 Å². The molecule has 1 N–H and O–H groups in total. The van der Waals surface area contributed by atoms with Crippen LogP contribution in [0.4, 0.5) is 4.39 Å². The molecule has 3 atom stereocenters. The van der Waals surface area contributed by atoms with Gasteiger partial charge in [0.2, 0.25) is 0 Å². The summed E-state index contributed by atoms with van der Waals surface area (Å²) in [4.78, 5) is 9.74. The second-order valence-corrected chi connectivity index (χ2v) is 20.7. The molecule has 0 fully saturated rings. The largest absolute Gasteiger partial charge is 0.490 e. The molecule has 0 aliphatic rings. The molecule has 0 aliphatic carbocycles. The number of rotatable bonds is 13. The van der Waals surface area contributed by atoms with Crippen molar-refractivity contribution in [2.75, 3.05) is 20.3 Å². The van der Waals surface area contributed by atoms with Crippen molar-refractivity contribution in [3.8, 4) is 22.8 Å². The fourth-order valence-electron chi connectivity index (χ4n) is 4.38. The lowest BCUT2D eigenvalue weighted by molar-refractivity contribution is 0.147. The molecule has 4 aromatic rings. The Balaban J connectivity index is 1.76. The van der Waals surface area contributed by atoms with Crippen LogP contribution < -0.4 is 9.46 Å². The van der Waals surface area contributed by atoms with Crippen LogP contribution in [0.25, 0.3) is 28.0 Å². The highest BCUT2D eigenvalue weighted by Gasteiger charge is 2.37. The highest BCUT2D eigenvalue weighted by molar-refractivity contribution is 7.84. The van der Waals surface area contributed by atoms with E-state index in [4.69, 9.17) is 29.0 Å². The van der Waals surface area contributed by atoms with E-state index in [1.165, 1.54) is 6.92 Å². The first kappa shape index (κ1) is 35.8. The van der Waals surface area contributed by atoms with Gasteiger partial charge in [0.15, 0.2) is 14.1 Å². The van der Waals surface area contributed by atoms with Gasteiger partial charge in [-0.05, 0) is 82.2 Å². The Hall–Kier alpha value is -3.03. The van der Waals surface area contributed by atoms with Gasteiger partial charge in [0, 0.05) is 12.7 Å². The minimum Gasteiger partial charge on any atom is -0.490 e. The van der Waals surface area contributed by atoms with Crippen LogP contribution in [-0.4, -0.2) is 63.5 Å². The second kappa shape index (κ2) is 14.4. The van der Waals surface area contributed by atoms with Crippen molar-refractivity contribution in [2.45, 2.75) is 90.2 Å². The SMILES string of the molecule is COCCOc1cc(-c2cccc([C@H](N[S@](=O)C(C)(C)C)C(C)F)n2)cc2c1cnn2-c1cccc(CO[Si](C)(C)C(C)(C)C)n1. The van der Waals surface area contributed by atoms with Gasteiger partial charge < -0.3 is 13.9 Å². The number of halogens is 1. The monoisotopic (exact) mass is 669 g/mol. The van der Waals surface area contributed by atoms with Crippen molar-refractivity contribution in [3.63, 3.8) is 0 Å². The van der Waals surface area contributed by atoms with Crippen molar-refractivity contribution in [1.82, 2.24) is 24.5 Å². The van der Waals surface area contributed by atoms with Gasteiger partial charge in [-0.15, -0.1) is 0 Å². The van der Waals surface area contributed by atoms with Gasteiger partial charge in [-0.1, -0.05) is 32.9 Å². The summed E-state index contributed by atoms with van der Waals surface area (Å²) in [6.07, 6.45) is 0.433. The predicted molar refractivity (Wildman–Crippen MR) is 186 cm³/mol. The van der Waals surface area contributed by atoms with Gasteiger partial charge in [0.1, 0.15) is 18.5 Å². The number of nitrogens with zero attached hydrogens (tertiary/aromatic N) is 4. The van der Waals surface area contributed by atoms with Crippen molar-refractivity contribution in [1.29, 1.82) is 0 Å². The molecule has 1 unspecified atom stereocenters. The van der Waals surface area contributed by atoms with E-state index < -0.39 is 36.3 Å². The van der Waals surface area contributed by atoms with E-state index in [-0.39, 0.29) is 5.04 Å². The molecule has 12 heteroatoms. The average molecular weight is 670 g/mol. The lowest BCUT2D eigenvalue weighted by atomic mass is 10.1. The average Bonchev–Trinajstić information content (AvgIpc) is 3.42. The smallest absolute Gasteiger partial charge is 0.192 e. The van der Waals surface area contributed by atoms with Gasteiger partial charge in [0.25, 0.3) is 0 Å². The quantitative estimate of drug-likeness (QED) is 0.116. The normalized spacial score (nSPS) is 14.8. The van der Waals surface area contributed by atoms with E-state index in [1.54, 1.807) is 24.1 Å². The van der Waals surface area contributed by atoms with Gasteiger partial charge >= 0.3 is 0 Å². The van der Waals surface area contributed by atoms with E-state index in [9.17, 15) is 8.60 Å². The second-order valence-electron chi connectivity index (χ2n) is 13.9. The van der Waals surface area contributed by atoms with Crippen LogP contribution in [0, 0.1) is 0 Å². The molecule has 0 saturated heterocycles. The number of ether oxygens (including phenoxy) is 2. The maximum Gasteiger partial charge on any atom is 0.192 e. The highest BCUT2D eigenvalue weighted by atomic mass is 32.2. The maximum atomic E-state index is 14.9. The van der Waals surface area contributed by atoms with E-state index in [2.05, 4.69) is 38.6 Å². The van der Waals surface area contributed by atoms with Crippen LogP contribution >= 0.6 is 0 Å². The first-order chi connectivity index (χ1) is 21.5. The lowest BCUT2D eigenvalue weighted by Gasteiger charge is -2.36. The third-order valence-corrected chi connectivity index (χ3v) is 14.3. The molecule has 46 heavy (non-hydrogen) atoms. The molecule has 9 nitrogen and oxygen atoms in total. The minimum absolute atomic E-state index is 0.0890. The molecule has 1 aromatic carbocycles. The molecule has 0 aliphatic heterocycles. The van der Waals surface area contributed by atoms with Crippen LogP contribution in [0.2, 0.25) is 18.1 Å². The number of hydrogen-bond acceptors (Lipinski definition) is 7. The Morgan fingerprint density at radius 2 is 1.74 bits per heavy atom. The van der Waals surface area contributed by atoms with Gasteiger partial charge in [0.05, 0.1) is 69.2 Å². The number of nitrogens with one attached hydrogen (secondary N) is 1. The number of fused-ring (bicyclic) bond motifs is 1. The number of methoxy groups -OCH3 is 1. The summed E-state index contributed by atoms with van der Waals surface area (Å²) >= 11 is 0. The topological polar surface area (TPSA) is 100 Å². The summed E-state index contributed by atoms with van der Waals surface area (Å²) in [6.45, 7) is 19.2.